The van der Waals surface area contributed by atoms with Crippen LogP contribution in [-0.4, -0.2) is 18.0 Å². The first-order valence-corrected chi connectivity index (χ1v) is 16.7. The SMILES string of the molecule is C[Si](C)(C)c1ccc(-c2[c-]cccc2)nc1.[2H]C([2H])(C)c1ccnc(-c2[c-]ccc3c2sc2ccccc23)c1.[Ir]. The van der Waals surface area contributed by atoms with Gasteiger partial charge < -0.3 is 9.97 Å². The molecule has 6 aromatic rings. The Labute approximate surface area is 247 Å². The van der Waals surface area contributed by atoms with Gasteiger partial charge in [-0.15, -0.1) is 59.7 Å². The standard InChI is InChI=1S/C19H14NS.C14H16NSi.Ir/c1-2-13-10-11-20-17(12-13)16-8-5-7-15-14-6-3-4-9-18(14)21-19(15)16;1-16(2,3)13-9-10-14(15-11-13)12-7-5-4-6-8-12;/h3-7,9-12H,2H2,1H3;4-7,9-11H,1-3H3;/q2*-1;/i2D2;;. The number of hydrogen-bond acceptors (Lipinski definition) is 3. The van der Waals surface area contributed by atoms with Gasteiger partial charge in [-0.2, -0.15) is 11.3 Å². The smallest absolute Gasteiger partial charge is 0.0795 e. The Morgan fingerprint density at radius 2 is 1.66 bits per heavy atom. The predicted molar refractivity (Wildman–Crippen MR) is 162 cm³/mol. The van der Waals surface area contributed by atoms with E-state index >= 15 is 0 Å². The molecule has 3 aromatic heterocycles. The monoisotopic (exact) mass is 709 g/mol. The third-order valence-corrected chi connectivity index (χ3v) is 9.49. The Morgan fingerprint density at radius 1 is 0.842 bits per heavy atom. The molecule has 3 heterocycles. The number of pyridine rings is 2. The van der Waals surface area contributed by atoms with Gasteiger partial charge in [-0.25, -0.2) is 0 Å². The van der Waals surface area contributed by atoms with Gasteiger partial charge in [0.05, 0.1) is 8.07 Å². The number of aryl methyl sites for hydroxylation is 1. The molecule has 0 fully saturated rings. The molecule has 0 saturated heterocycles. The first kappa shape index (κ1) is 25.3. The zero-order chi connectivity index (χ0) is 27.6. The van der Waals surface area contributed by atoms with Crippen LogP contribution in [0.25, 0.3) is 42.7 Å². The van der Waals surface area contributed by atoms with Gasteiger partial charge in [0, 0.05) is 39.9 Å². The van der Waals surface area contributed by atoms with Crippen LogP contribution in [0.4, 0.5) is 0 Å². The fourth-order valence-electron chi connectivity index (χ4n) is 4.15. The maximum atomic E-state index is 7.91. The zero-order valence-electron chi connectivity index (χ0n) is 23.9. The van der Waals surface area contributed by atoms with Gasteiger partial charge in [0.25, 0.3) is 0 Å². The Morgan fingerprint density at radius 3 is 2.37 bits per heavy atom. The molecule has 5 heteroatoms. The third kappa shape index (κ3) is 6.19. The minimum atomic E-state index is -1.38. The van der Waals surface area contributed by atoms with Gasteiger partial charge in [0.2, 0.25) is 0 Å². The molecular weight excluding hydrogens is 677 g/mol. The van der Waals surface area contributed by atoms with E-state index in [1.54, 1.807) is 30.5 Å². The van der Waals surface area contributed by atoms with Crippen LogP contribution >= 0.6 is 11.3 Å². The van der Waals surface area contributed by atoms with Gasteiger partial charge in [-0.05, 0) is 45.2 Å². The number of nitrogens with zero attached hydrogens (tertiary/aromatic N) is 2. The van der Waals surface area contributed by atoms with E-state index in [1.807, 2.05) is 48.7 Å². The fourth-order valence-corrected chi connectivity index (χ4v) is 6.40. The van der Waals surface area contributed by atoms with Crippen LogP contribution in [0.3, 0.4) is 0 Å². The van der Waals surface area contributed by atoms with E-state index in [4.69, 9.17) is 2.74 Å². The normalized spacial score (nSPS) is 12.2. The molecule has 193 valence electrons. The predicted octanol–water partition coefficient (Wildman–Crippen LogP) is 8.57. The van der Waals surface area contributed by atoms with E-state index in [-0.39, 0.29) is 20.1 Å². The van der Waals surface area contributed by atoms with E-state index in [0.29, 0.717) is 5.56 Å². The molecule has 38 heavy (non-hydrogen) atoms. The second-order valence-corrected chi connectivity index (χ2v) is 16.0. The molecule has 0 atom stereocenters. The second kappa shape index (κ2) is 12.3. The first-order chi connectivity index (χ1) is 18.6. The minimum absolute atomic E-state index is 0. The summed E-state index contributed by atoms with van der Waals surface area (Å²) in [7, 11) is -1.23. The average Bonchev–Trinajstić information content (AvgIpc) is 3.32. The van der Waals surface area contributed by atoms with Crippen LogP contribution < -0.4 is 5.19 Å². The molecule has 1 radical (unpaired) electrons. The van der Waals surface area contributed by atoms with Crippen LogP contribution in [0.2, 0.25) is 19.6 Å². The average molecular weight is 709 g/mol. The summed E-state index contributed by atoms with van der Waals surface area (Å²) in [6.07, 6.45) is 2.31. The van der Waals surface area contributed by atoms with Gasteiger partial charge in [-0.3, -0.25) is 0 Å². The number of benzene rings is 3. The molecule has 0 bridgehead atoms. The number of hydrogen-bond donors (Lipinski definition) is 0. The molecule has 0 saturated carbocycles. The summed E-state index contributed by atoms with van der Waals surface area (Å²) in [5.41, 5.74) is 4.40. The summed E-state index contributed by atoms with van der Waals surface area (Å²) in [6, 6.07) is 34.6. The van der Waals surface area contributed by atoms with Crippen LogP contribution in [0.15, 0.2) is 97.3 Å². The van der Waals surface area contributed by atoms with Crippen LogP contribution in [0.5, 0.6) is 0 Å². The number of fused-ring (bicyclic) bond motifs is 3. The molecule has 0 aliphatic heterocycles. The summed E-state index contributed by atoms with van der Waals surface area (Å²) >= 11 is 1.73. The summed E-state index contributed by atoms with van der Waals surface area (Å²) in [4.78, 5) is 8.97. The molecule has 3 aromatic carbocycles. The second-order valence-electron chi connectivity index (χ2n) is 9.83. The quantitative estimate of drug-likeness (QED) is 0.136. The van der Waals surface area contributed by atoms with E-state index < -0.39 is 14.4 Å². The number of rotatable bonds is 4. The Balaban J connectivity index is 0.000000192. The zero-order valence-corrected chi connectivity index (χ0v) is 26.1. The van der Waals surface area contributed by atoms with Crippen molar-refractivity contribution in [3.05, 3.63) is 115 Å². The summed E-state index contributed by atoms with van der Waals surface area (Å²) in [5, 5.41) is 3.84. The largest absolute Gasteiger partial charge is 0.305 e. The van der Waals surface area contributed by atoms with Crippen molar-refractivity contribution in [1.82, 2.24) is 9.97 Å². The molecule has 0 N–H and O–H groups in total. The number of aromatic nitrogens is 2. The van der Waals surface area contributed by atoms with Crippen molar-refractivity contribution in [3.8, 4) is 22.5 Å². The summed E-state index contributed by atoms with van der Waals surface area (Å²) in [5.74, 6) is 0. The van der Waals surface area contributed by atoms with Crippen LogP contribution in [0.1, 0.15) is 15.2 Å². The molecule has 2 nitrogen and oxygen atoms in total. The first-order valence-electron chi connectivity index (χ1n) is 13.3. The summed E-state index contributed by atoms with van der Waals surface area (Å²) in [6.45, 7) is 8.56. The van der Waals surface area contributed by atoms with Crippen molar-refractivity contribution in [2.75, 3.05) is 0 Å². The molecule has 6 rings (SSSR count). The van der Waals surface area contributed by atoms with Crippen LogP contribution in [0, 0.1) is 12.1 Å². The van der Waals surface area contributed by atoms with Gasteiger partial charge >= 0.3 is 0 Å². The minimum Gasteiger partial charge on any atom is -0.305 e. The molecule has 0 aliphatic carbocycles. The molecule has 0 amide bonds. The maximum absolute atomic E-state index is 7.91. The topological polar surface area (TPSA) is 25.8 Å². The van der Waals surface area contributed by atoms with Crippen LogP contribution in [-0.2, 0) is 26.5 Å². The molecular formula is C33H30IrN2SSi-2. The fraction of sp³-hybridized carbons (Fsp3) is 0.152. The van der Waals surface area contributed by atoms with Crippen molar-refractivity contribution >= 4 is 44.8 Å². The molecule has 0 aliphatic rings. The van der Waals surface area contributed by atoms with Crippen molar-refractivity contribution < 1.29 is 22.8 Å². The van der Waals surface area contributed by atoms with Crippen molar-refractivity contribution in [2.24, 2.45) is 0 Å². The Kier molecular flexibility index (Phi) is 8.18. The van der Waals surface area contributed by atoms with E-state index in [0.717, 1.165) is 27.2 Å². The third-order valence-electron chi connectivity index (χ3n) is 6.26. The van der Waals surface area contributed by atoms with Gasteiger partial charge in [0.1, 0.15) is 0 Å². The maximum Gasteiger partial charge on any atom is 0.0795 e. The molecule has 0 spiro atoms. The van der Waals surface area contributed by atoms with Gasteiger partial charge in [0.15, 0.2) is 0 Å². The van der Waals surface area contributed by atoms with Gasteiger partial charge in [-0.1, -0.05) is 73.9 Å². The molecule has 0 unspecified atom stereocenters. The van der Waals surface area contributed by atoms with Crippen molar-refractivity contribution in [3.63, 3.8) is 0 Å². The van der Waals surface area contributed by atoms with Crippen molar-refractivity contribution in [2.45, 2.75) is 32.9 Å². The van der Waals surface area contributed by atoms with E-state index in [2.05, 4.69) is 78.1 Å². The summed E-state index contributed by atoms with van der Waals surface area (Å²) < 4.78 is 18.2. The Hall–Kier alpha value is -2.95. The van der Waals surface area contributed by atoms with E-state index in [1.165, 1.54) is 20.7 Å². The van der Waals surface area contributed by atoms with Crippen molar-refractivity contribution in [1.29, 1.82) is 0 Å². The Bertz CT molecular complexity index is 1720. The van der Waals surface area contributed by atoms with E-state index in [9.17, 15) is 0 Å². The number of thiophene rings is 1.